The van der Waals surface area contributed by atoms with Crippen molar-refractivity contribution in [1.29, 1.82) is 0 Å². The molecule has 3 aliphatic rings. The molecule has 2 N–H and O–H groups in total. The Bertz CT molecular complexity index is 2070. The maximum absolute atomic E-state index is 15.0. The van der Waals surface area contributed by atoms with Crippen LogP contribution >= 0.6 is 0 Å². The minimum atomic E-state index is -0.936. The van der Waals surface area contributed by atoms with Gasteiger partial charge in [-0.1, -0.05) is 72.8 Å². The van der Waals surface area contributed by atoms with Crippen LogP contribution in [0.1, 0.15) is 57.9 Å². The Morgan fingerprint density at radius 2 is 1.55 bits per heavy atom. The van der Waals surface area contributed by atoms with E-state index in [9.17, 15) is 23.9 Å². The van der Waals surface area contributed by atoms with Gasteiger partial charge in [0, 0.05) is 48.8 Å². The number of aromatic nitrogens is 2. The van der Waals surface area contributed by atoms with Crippen LogP contribution in [0, 0.1) is 11.7 Å². The summed E-state index contributed by atoms with van der Waals surface area (Å²) in [6, 6.07) is 28.4. The van der Waals surface area contributed by atoms with Crippen molar-refractivity contribution in [2.75, 3.05) is 19.6 Å². The molecule has 9 heteroatoms. The highest BCUT2D eigenvalue weighted by Crippen LogP contribution is 2.55. The summed E-state index contributed by atoms with van der Waals surface area (Å²) in [6.45, 7) is 1.07. The maximum atomic E-state index is 15.0. The van der Waals surface area contributed by atoms with E-state index in [0.717, 1.165) is 19.3 Å². The van der Waals surface area contributed by atoms with Crippen LogP contribution in [0.4, 0.5) is 9.18 Å². The normalized spacial score (nSPS) is 16.4. The quantitative estimate of drug-likeness (QED) is 0.206. The first-order valence-electron chi connectivity index (χ1n) is 16.0. The first kappa shape index (κ1) is 29.1. The predicted octanol–water partition coefficient (Wildman–Crippen LogP) is 6.44. The molecule has 4 aromatic carbocycles. The Hall–Kier alpha value is -5.31. The van der Waals surface area contributed by atoms with Gasteiger partial charge in [-0.2, -0.15) is 5.10 Å². The van der Waals surface area contributed by atoms with Crippen LogP contribution < -0.4 is 5.56 Å². The van der Waals surface area contributed by atoms with Crippen LogP contribution in [0.15, 0.2) is 95.8 Å². The molecule has 8 nitrogen and oxygen atoms in total. The van der Waals surface area contributed by atoms with Crippen molar-refractivity contribution < 1.29 is 19.1 Å². The molecule has 8 rings (SSSR count). The molecule has 1 saturated carbocycles. The van der Waals surface area contributed by atoms with E-state index in [1.807, 2.05) is 36.4 Å². The average molecular weight is 629 g/mol. The maximum Gasteiger partial charge on any atom is 0.407 e. The summed E-state index contributed by atoms with van der Waals surface area (Å²) in [7, 11) is 0. The van der Waals surface area contributed by atoms with E-state index < -0.39 is 23.4 Å². The van der Waals surface area contributed by atoms with Gasteiger partial charge in [0.25, 0.3) is 11.5 Å². The summed E-state index contributed by atoms with van der Waals surface area (Å²) in [6.07, 6.45) is 1.72. The van der Waals surface area contributed by atoms with Gasteiger partial charge in [-0.15, -0.1) is 0 Å². The standard InChI is InChI=1S/C38H33FN4O4/c39-33-14-13-23(18-34-29-11-5-6-12-30(29)35(44)41-40-34)17-31(33)36(45)42-20-24(21-42)22-43(37(46)47)38(15-16-38)19-32-27-9-3-1-7-25(27)26-8-2-4-10-28(26)32/h1-14,17,24,32H,15-16,18-22H2,(H,41,44)(H,46,47). The predicted molar refractivity (Wildman–Crippen MR) is 176 cm³/mol. The SMILES string of the molecule is O=C(c1cc(Cc2n[nH]c(=O)c3ccccc23)ccc1F)N1CC(CN(C(=O)O)C2(CC3c4ccccc4-c4ccccc43)CC2)C1. The number of rotatable bonds is 8. The highest BCUT2D eigenvalue weighted by molar-refractivity contribution is 5.95. The second-order valence-electron chi connectivity index (χ2n) is 13.2. The average Bonchev–Trinajstić information content (AvgIpc) is 3.78. The third-order valence-corrected chi connectivity index (χ3v) is 10.3. The smallest absolute Gasteiger partial charge is 0.407 e. The Labute approximate surface area is 270 Å². The van der Waals surface area contributed by atoms with Crippen LogP contribution in [-0.2, 0) is 6.42 Å². The number of hydrogen-bond donors (Lipinski definition) is 2. The van der Waals surface area contributed by atoms with Crippen molar-refractivity contribution in [2.24, 2.45) is 5.92 Å². The lowest BCUT2D eigenvalue weighted by Crippen LogP contribution is -2.56. The Morgan fingerprint density at radius 1 is 0.915 bits per heavy atom. The number of nitrogens with one attached hydrogen (secondary N) is 1. The zero-order valence-corrected chi connectivity index (χ0v) is 25.7. The minimum absolute atomic E-state index is 0.0259. The second kappa shape index (κ2) is 11.2. The molecular weight excluding hydrogens is 595 g/mol. The molecule has 0 atom stereocenters. The Kier molecular flexibility index (Phi) is 6.93. The van der Waals surface area contributed by atoms with Crippen molar-refractivity contribution in [2.45, 2.75) is 37.1 Å². The molecule has 236 valence electrons. The van der Waals surface area contributed by atoms with Gasteiger partial charge in [0.1, 0.15) is 5.82 Å². The lowest BCUT2D eigenvalue weighted by Gasteiger charge is -2.43. The summed E-state index contributed by atoms with van der Waals surface area (Å²) in [5, 5.41) is 18.3. The molecule has 1 aromatic heterocycles. The number of carbonyl (C=O) groups excluding carboxylic acids is 1. The molecule has 1 saturated heterocycles. The van der Waals surface area contributed by atoms with Gasteiger partial charge in [-0.3, -0.25) is 9.59 Å². The summed E-state index contributed by atoms with van der Waals surface area (Å²) in [4.78, 5) is 41.5. The molecule has 0 spiro atoms. The van der Waals surface area contributed by atoms with E-state index in [1.54, 1.807) is 34.1 Å². The van der Waals surface area contributed by atoms with Crippen LogP contribution in [0.25, 0.3) is 21.9 Å². The van der Waals surface area contributed by atoms with Crippen LogP contribution in [0.3, 0.4) is 0 Å². The molecule has 2 amide bonds. The number of carboxylic acid groups (broad SMARTS) is 1. The molecule has 2 fully saturated rings. The highest BCUT2D eigenvalue weighted by Gasteiger charge is 2.53. The summed E-state index contributed by atoms with van der Waals surface area (Å²) in [5.74, 6) is -0.922. The first-order chi connectivity index (χ1) is 22.8. The van der Waals surface area contributed by atoms with Gasteiger partial charge >= 0.3 is 6.09 Å². The Balaban J connectivity index is 0.955. The zero-order valence-electron chi connectivity index (χ0n) is 25.7. The zero-order chi connectivity index (χ0) is 32.3. The van der Waals surface area contributed by atoms with E-state index in [1.165, 1.54) is 28.3 Å². The van der Waals surface area contributed by atoms with Gasteiger partial charge in [-0.05, 0) is 65.3 Å². The number of H-pyrrole nitrogens is 1. The fourth-order valence-corrected chi connectivity index (χ4v) is 7.69. The van der Waals surface area contributed by atoms with Crippen molar-refractivity contribution in [3.63, 3.8) is 0 Å². The van der Waals surface area contributed by atoms with E-state index in [-0.39, 0.29) is 23.0 Å². The molecule has 47 heavy (non-hydrogen) atoms. The van der Waals surface area contributed by atoms with Gasteiger partial charge in [0.15, 0.2) is 0 Å². The third kappa shape index (κ3) is 5.06. The highest BCUT2D eigenvalue weighted by atomic mass is 19.1. The number of hydrogen-bond acceptors (Lipinski definition) is 4. The van der Waals surface area contributed by atoms with Gasteiger partial charge in [0.05, 0.1) is 16.6 Å². The van der Waals surface area contributed by atoms with Crippen molar-refractivity contribution in [3.8, 4) is 11.1 Å². The summed E-state index contributed by atoms with van der Waals surface area (Å²) < 4.78 is 15.0. The number of halogens is 1. The molecule has 0 radical (unpaired) electrons. The number of fused-ring (bicyclic) bond motifs is 4. The number of nitrogens with zero attached hydrogens (tertiary/aromatic N) is 3. The van der Waals surface area contributed by atoms with E-state index in [0.29, 0.717) is 48.1 Å². The summed E-state index contributed by atoms with van der Waals surface area (Å²) in [5.41, 5.74) is 5.51. The molecular formula is C38H33FN4O4. The lowest BCUT2D eigenvalue weighted by molar-refractivity contribution is 0.0336. The summed E-state index contributed by atoms with van der Waals surface area (Å²) >= 11 is 0. The lowest BCUT2D eigenvalue weighted by atomic mass is 9.87. The monoisotopic (exact) mass is 628 g/mol. The number of benzene rings is 4. The molecule has 2 aliphatic carbocycles. The van der Waals surface area contributed by atoms with Crippen LogP contribution in [0.2, 0.25) is 0 Å². The van der Waals surface area contributed by atoms with Crippen molar-refractivity contribution in [1.82, 2.24) is 20.0 Å². The largest absolute Gasteiger partial charge is 0.465 e. The van der Waals surface area contributed by atoms with Gasteiger partial charge < -0.3 is 14.9 Å². The van der Waals surface area contributed by atoms with Crippen LogP contribution in [0.5, 0.6) is 0 Å². The number of aromatic amines is 1. The molecule has 0 bridgehead atoms. The van der Waals surface area contributed by atoms with Crippen molar-refractivity contribution in [3.05, 3.63) is 135 Å². The Morgan fingerprint density at radius 3 is 2.21 bits per heavy atom. The number of amides is 2. The molecule has 1 aliphatic heterocycles. The molecule has 0 unspecified atom stereocenters. The molecule has 2 heterocycles. The van der Waals surface area contributed by atoms with Gasteiger partial charge in [0.2, 0.25) is 0 Å². The van der Waals surface area contributed by atoms with Crippen molar-refractivity contribution >= 4 is 22.8 Å². The minimum Gasteiger partial charge on any atom is -0.465 e. The van der Waals surface area contributed by atoms with E-state index >= 15 is 0 Å². The third-order valence-electron chi connectivity index (χ3n) is 10.3. The topological polar surface area (TPSA) is 107 Å². The fourth-order valence-electron chi connectivity index (χ4n) is 7.69. The molecule has 5 aromatic rings. The number of likely N-dealkylation sites (tertiary alicyclic amines) is 1. The second-order valence-corrected chi connectivity index (χ2v) is 13.2. The fraction of sp³-hybridized carbons (Fsp3) is 0.263. The van der Waals surface area contributed by atoms with Gasteiger partial charge in [-0.25, -0.2) is 14.3 Å². The van der Waals surface area contributed by atoms with E-state index in [2.05, 4.69) is 34.5 Å². The van der Waals surface area contributed by atoms with Crippen LogP contribution in [-0.4, -0.2) is 62.3 Å². The van der Waals surface area contributed by atoms with E-state index in [4.69, 9.17) is 0 Å². The first-order valence-corrected chi connectivity index (χ1v) is 16.0. The number of carbonyl (C=O) groups is 2.